The average Bonchev–Trinajstić information content (AvgIpc) is 2.21. The highest BCUT2D eigenvalue weighted by Gasteiger charge is 2.11. The number of benzene rings is 1. The van der Waals surface area contributed by atoms with Crippen LogP contribution in [0, 0.1) is 0 Å². The third-order valence-corrected chi connectivity index (χ3v) is 4.64. The van der Waals surface area contributed by atoms with Gasteiger partial charge in [0, 0.05) is 20.7 Å². The summed E-state index contributed by atoms with van der Waals surface area (Å²) in [6.45, 7) is 7.95. The lowest BCUT2D eigenvalue weighted by atomic mass is 10.3. The number of rotatable bonds is 6. The largest absolute Gasteiger partial charge is 0.468 e. The lowest BCUT2D eigenvalue weighted by Gasteiger charge is -2.15. The summed E-state index contributed by atoms with van der Waals surface area (Å²) in [6.07, 6.45) is 0. The third kappa shape index (κ3) is 6.31. The summed E-state index contributed by atoms with van der Waals surface area (Å²) in [4.78, 5) is 0. The van der Waals surface area contributed by atoms with Crippen molar-refractivity contribution < 1.29 is 9.47 Å². The van der Waals surface area contributed by atoms with E-state index < -0.39 is 8.07 Å². The Morgan fingerprint density at radius 3 is 2.41 bits per heavy atom. The van der Waals surface area contributed by atoms with E-state index in [9.17, 15) is 0 Å². The van der Waals surface area contributed by atoms with E-state index in [1.165, 1.54) is 0 Å². The highest BCUT2D eigenvalue weighted by atomic mass is 35.5. The molecule has 5 heteroatoms. The molecule has 0 N–H and O–H groups in total. The van der Waals surface area contributed by atoms with Crippen LogP contribution in [0.2, 0.25) is 35.7 Å². The van der Waals surface area contributed by atoms with Crippen LogP contribution in [0.3, 0.4) is 0 Å². The molecule has 1 rings (SSSR count). The molecule has 0 bridgehead atoms. The first-order chi connectivity index (χ1) is 7.88. The molecule has 0 amide bonds. The Labute approximate surface area is 114 Å². The number of halogens is 2. The minimum absolute atomic E-state index is 0.252. The van der Waals surface area contributed by atoms with Crippen molar-refractivity contribution in [3.63, 3.8) is 0 Å². The van der Waals surface area contributed by atoms with Crippen LogP contribution in [0.25, 0.3) is 0 Å². The molecule has 1 aromatic rings. The van der Waals surface area contributed by atoms with Gasteiger partial charge in [0.2, 0.25) is 0 Å². The van der Waals surface area contributed by atoms with Gasteiger partial charge in [-0.15, -0.1) is 0 Å². The van der Waals surface area contributed by atoms with Gasteiger partial charge in [-0.3, -0.25) is 0 Å². The van der Waals surface area contributed by atoms with Crippen LogP contribution >= 0.6 is 23.2 Å². The fourth-order valence-electron chi connectivity index (χ4n) is 1.11. The van der Waals surface area contributed by atoms with E-state index in [2.05, 4.69) is 19.6 Å². The van der Waals surface area contributed by atoms with Crippen LogP contribution in [0.5, 0.6) is 5.75 Å². The molecule has 0 spiro atoms. The molecular formula is C12H18Cl2O2Si. The lowest BCUT2D eigenvalue weighted by molar-refractivity contribution is 0.0220. The molecule has 0 radical (unpaired) electrons. The maximum atomic E-state index is 5.87. The first-order valence-corrected chi connectivity index (χ1v) is 10.0. The monoisotopic (exact) mass is 292 g/mol. The Bertz CT molecular complexity index is 364. The Balaban J connectivity index is 2.25. The van der Waals surface area contributed by atoms with Crippen LogP contribution in [0.4, 0.5) is 0 Å². The Morgan fingerprint density at radius 2 is 1.82 bits per heavy atom. The van der Waals surface area contributed by atoms with Crippen LogP contribution in [-0.4, -0.2) is 21.5 Å². The zero-order valence-electron chi connectivity index (χ0n) is 10.4. The number of ether oxygens (including phenoxy) is 2. The smallest absolute Gasteiger partial charge is 0.189 e. The summed E-state index contributed by atoms with van der Waals surface area (Å²) in [6, 6.07) is 6.31. The van der Waals surface area contributed by atoms with E-state index in [0.717, 1.165) is 12.7 Å². The van der Waals surface area contributed by atoms with Crippen molar-refractivity contribution >= 4 is 31.3 Å². The van der Waals surface area contributed by atoms with Crippen molar-refractivity contribution in [3.05, 3.63) is 28.2 Å². The molecule has 0 saturated heterocycles. The predicted octanol–water partition coefficient (Wildman–Crippen LogP) is 4.68. The molecule has 0 fully saturated rings. The summed E-state index contributed by atoms with van der Waals surface area (Å²) in [7, 11) is -1.02. The second-order valence-electron chi connectivity index (χ2n) is 5.06. The highest BCUT2D eigenvalue weighted by Crippen LogP contribution is 2.26. The second kappa shape index (κ2) is 6.64. The third-order valence-electron chi connectivity index (χ3n) is 2.20. The molecule has 0 atom stereocenters. The Hall–Kier alpha value is -0.223. The van der Waals surface area contributed by atoms with Gasteiger partial charge in [-0.05, 0) is 18.2 Å². The van der Waals surface area contributed by atoms with Gasteiger partial charge in [-0.25, -0.2) is 0 Å². The zero-order valence-corrected chi connectivity index (χ0v) is 12.9. The summed E-state index contributed by atoms with van der Waals surface area (Å²) in [5.74, 6) is 0.674. The van der Waals surface area contributed by atoms with Gasteiger partial charge in [-0.2, -0.15) is 0 Å². The normalized spacial score (nSPS) is 11.6. The first-order valence-electron chi connectivity index (χ1n) is 5.54. The first kappa shape index (κ1) is 14.8. The SMILES string of the molecule is C[Si](C)(C)CCOCOc1ccc(Cl)c(Cl)c1. The minimum Gasteiger partial charge on any atom is -0.468 e. The van der Waals surface area contributed by atoms with Crippen molar-refractivity contribution in [2.75, 3.05) is 13.4 Å². The van der Waals surface area contributed by atoms with E-state index in [-0.39, 0.29) is 6.79 Å². The minimum atomic E-state index is -1.02. The molecule has 1 aromatic carbocycles. The number of hydrogen-bond donors (Lipinski definition) is 0. The molecule has 0 aliphatic rings. The van der Waals surface area contributed by atoms with E-state index in [0.29, 0.717) is 15.8 Å². The van der Waals surface area contributed by atoms with Gasteiger partial charge in [-0.1, -0.05) is 42.8 Å². The van der Waals surface area contributed by atoms with Gasteiger partial charge >= 0.3 is 0 Å². The van der Waals surface area contributed by atoms with Crippen LogP contribution < -0.4 is 4.74 Å². The quantitative estimate of drug-likeness (QED) is 0.430. The van der Waals surface area contributed by atoms with Gasteiger partial charge in [0.05, 0.1) is 10.0 Å². The summed E-state index contributed by atoms with van der Waals surface area (Å²) in [5.41, 5.74) is 0. The molecule has 0 aliphatic carbocycles. The second-order valence-corrected chi connectivity index (χ2v) is 11.5. The van der Waals surface area contributed by atoms with Crippen LogP contribution in [0.1, 0.15) is 0 Å². The predicted molar refractivity (Wildman–Crippen MR) is 76.1 cm³/mol. The molecule has 0 saturated carbocycles. The van der Waals surface area contributed by atoms with Gasteiger partial charge in [0.15, 0.2) is 6.79 Å². The van der Waals surface area contributed by atoms with E-state index in [4.69, 9.17) is 32.7 Å². The molecule has 0 unspecified atom stereocenters. The zero-order chi connectivity index (χ0) is 12.9. The van der Waals surface area contributed by atoms with Crippen LogP contribution in [-0.2, 0) is 4.74 Å². The van der Waals surface area contributed by atoms with Crippen molar-refractivity contribution in [2.45, 2.75) is 25.7 Å². The molecule has 0 heterocycles. The molecule has 17 heavy (non-hydrogen) atoms. The van der Waals surface area contributed by atoms with Gasteiger partial charge in [0.1, 0.15) is 5.75 Å². The Kier molecular flexibility index (Phi) is 5.80. The molecule has 0 aromatic heterocycles. The molecule has 0 aliphatic heterocycles. The van der Waals surface area contributed by atoms with Gasteiger partial charge < -0.3 is 9.47 Å². The lowest BCUT2D eigenvalue weighted by Crippen LogP contribution is -2.22. The standard InChI is InChI=1S/C12H18Cl2O2Si/c1-17(2,3)7-6-15-9-16-10-4-5-11(13)12(14)8-10/h4-5,8H,6-7,9H2,1-3H3. The molecular weight excluding hydrogens is 275 g/mol. The van der Waals surface area contributed by atoms with E-state index >= 15 is 0 Å². The van der Waals surface area contributed by atoms with Gasteiger partial charge in [0.25, 0.3) is 0 Å². The van der Waals surface area contributed by atoms with Crippen LogP contribution in [0.15, 0.2) is 18.2 Å². The summed E-state index contributed by atoms with van der Waals surface area (Å²) in [5, 5.41) is 1.02. The van der Waals surface area contributed by atoms with E-state index in [1.807, 2.05) is 0 Å². The maximum Gasteiger partial charge on any atom is 0.189 e. The van der Waals surface area contributed by atoms with Crippen molar-refractivity contribution in [1.29, 1.82) is 0 Å². The maximum absolute atomic E-state index is 5.87. The summed E-state index contributed by atoms with van der Waals surface area (Å²) < 4.78 is 10.8. The number of hydrogen-bond acceptors (Lipinski definition) is 2. The average molecular weight is 293 g/mol. The molecule has 96 valence electrons. The van der Waals surface area contributed by atoms with Crippen molar-refractivity contribution in [3.8, 4) is 5.75 Å². The fourth-order valence-corrected chi connectivity index (χ4v) is 2.16. The fraction of sp³-hybridized carbons (Fsp3) is 0.500. The Morgan fingerprint density at radius 1 is 1.12 bits per heavy atom. The summed E-state index contributed by atoms with van der Waals surface area (Å²) >= 11 is 11.7. The van der Waals surface area contributed by atoms with E-state index in [1.54, 1.807) is 18.2 Å². The van der Waals surface area contributed by atoms with Crippen molar-refractivity contribution in [2.24, 2.45) is 0 Å². The topological polar surface area (TPSA) is 18.5 Å². The van der Waals surface area contributed by atoms with Crippen molar-refractivity contribution in [1.82, 2.24) is 0 Å². The highest BCUT2D eigenvalue weighted by molar-refractivity contribution is 6.76. The molecule has 2 nitrogen and oxygen atoms in total.